The SMILES string of the molecule is CCc1ccc(Oc2ccc(C)cc2C(=O)O)c(OC)c1. The molecule has 0 aliphatic rings. The van der Waals surface area contributed by atoms with Gasteiger partial charge in [-0.1, -0.05) is 24.6 Å². The molecular formula is C17H18O4. The average Bonchev–Trinajstić information content (AvgIpc) is 2.49. The van der Waals surface area contributed by atoms with Crippen LogP contribution in [0, 0.1) is 6.92 Å². The summed E-state index contributed by atoms with van der Waals surface area (Å²) in [5, 5.41) is 9.27. The van der Waals surface area contributed by atoms with Gasteiger partial charge in [-0.3, -0.25) is 0 Å². The van der Waals surface area contributed by atoms with Gasteiger partial charge in [0.15, 0.2) is 11.5 Å². The Morgan fingerprint density at radius 1 is 1.10 bits per heavy atom. The summed E-state index contributed by atoms with van der Waals surface area (Å²) in [5.41, 5.74) is 2.13. The van der Waals surface area contributed by atoms with Gasteiger partial charge in [0, 0.05) is 0 Å². The summed E-state index contributed by atoms with van der Waals surface area (Å²) in [7, 11) is 1.56. The highest BCUT2D eigenvalue weighted by molar-refractivity contribution is 5.91. The number of hydrogen-bond acceptors (Lipinski definition) is 3. The Labute approximate surface area is 123 Å². The second-order valence-electron chi connectivity index (χ2n) is 4.75. The normalized spacial score (nSPS) is 10.2. The molecule has 2 aromatic rings. The Bertz CT molecular complexity index is 662. The lowest BCUT2D eigenvalue weighted by atomic mass is 10.1. The molecule has 0 aliphatic carbocycles. The first-order valence-corrected chi connectivity index (χ1v) is 6.74. The molecule has 0 atom stereocenters. The molecule has 21 heavy (non-hydrogen) atoms. The minimum Gasteiger partial charge on any atom is -0.493 e. The lowest BCUT2D eigenvalue weighted by Gasteiger charge is -2.13. The predicted octanol–water partition coefficient (Wildman–Crippen LogP) is 4.06. The van der Waals surface area contributed by atoms with E-state index in [-0.39, 0.29) is 5.56 Å². The fraction of sp³-hybridized carbons (Fsp3) is 0.235. The van der Waals surface area contributed by atoms with Gasteiger partial charge in [0.05, 0.1) is 7.11 Å². The Kier molecular flexibility index (Phi) is 4.48. The predicted molar refractivity (Wildman–Crippen MR) is 80.6 cm³/mol. The molecule has 0 spiro atoms. The molecule has 0 fully saturated rings. The van der Waals surface area contributed by atoms with Gasteiger partial charge in [0.2, 0.25) is 0 Å². The maximum atomic E-state index is 11.3. The van der Waals surface area contributed by atoms with Crippen molar-refractivity contribution in [3.63, 3.8) is 0 Å². The fourth-order valence-corrected chi connectivity index (χ4v) is 2.03. The number of rotatable bonds is 5. The highest BCUT2D eigenvalue weighted by Crippen LogP contribution is 2.34. The number of carbonyl (C=O) groups is 1. The number of carboxylic acid groups (broad SMARTS) is 1. The van der Waals surface area contributed by atoms with Crippen molar-refractivity contribution in [2.24, 2.45) is 0 Å². The molecule has 2 rings (SSSR count). The lowest BCUT2D eigenvalue weighted by molar-refractivity contribution is 0.0694. The molecule has 0 aromatic heterocycles. The molecule has 0 saturated heterocycles. The van der Waals surface area contributed by atoms with Gasteiger partial charge in [-0.25, -0.2) is 4.79 Å². The molecule has 4 heteroatoms. The van der Waals surface area contributed by atoms with Crippen LogP contribution < -0.4 is 9.47 Å². The third kappa shape index (κ3) is 3.34. The first-order valence-electron chi connectivity index (χ1n) is 6.74. The van der Waals surface area contributed by atoms with E-state index in [2.05, 4.69) is 6.92 Å². The number of carboxylic acids is 1. The first-order chi connectivity index (χ1) is 10.0. The summed E-state index contributed by atoms with van der Waals surface area (Å²) in [6.07, 6.45) is 0.890. The number of aromatic carboxylic acids is 1. The van der Waals surface area contributed by atoms with Crippen LogP contribution in [-0.4, -0.2) is 18.2 Å². The summed E-state index contributed by atoms with van der Waals surface area (Å²) in [6.45, 7) is 3.89. The molecule has 0 saturated carbocycles. The van der Waals surface area contributed by atoms with Gasteiger partial charge in [-0.2, -0.15) is 0 Å². The number of ether oxygens (including phenoxy) is 2. The van der Waals surface area contributed by atoms with Crippen LogP contribution in [-0.2, 0) is 6.42 Å². The van der Waals surface area contributed by atoms with E-state index in [1.165, 1.54) is 0 Å². The Morgan fingerprint density at radius 3 is 2.43 bits per heavy atom. The van der Waals surface area contributed by atoms with Gasteiger partial charge in [-0.15, -0.1) is 0 Å². The highest BCUT2D eigenvalue weighted by Gasteiger charge is 2.14. The molecule has 0 bridgehead atoms. The minimum absolute atomic E-state index is 0.136. The zero-order chi connectivity index (χ0) is 15.4. The van der Waals surface area contributed by atoms with E-state index in [1.54, 1.807) is 25.3 Å². The third-order valence-electron chi connectivity index (χ3n) is 3.22. The summed E-state index contributed by atoms with van der Waals surface area (Å²) >= 11 is 0. The van der Waals surface area contributed by atoms with Crippen LogP contribution in [0.4, 0.5) is 0 Å². The van der Waals surface area contributed by atoms with E-state index in [0.29, 0.717) is 17.2 Å². The average molecular weight is 286 g/mol. The maximum Gasteiger partial charge on any atom is 0.339 e. The van der Waals surface area contributed by atoms with Crippen molar-refractivity contribution < 1.29 is 19.4 Å². The van der Waals surface area contributed by atoms with Crippen molar-refractivity contribution in [1.29, 1.82) is 0 Å². The molecule has 0 amide bonds. The summed E-state index contributed by atoms with van der Waals surface area (Å²) in [5.74, 6) is 0.376. The van der Waals surface area contributed by atoms with Crippen LogP contribution in [0.3, 0.4) is 0 Å². The first kappa shape index (κ1) is 14.9. The molecule has 2 aromatic carbocycles. The Balaban J connectivity index is 2.40. The quantitative estimate of drug-likeness (QED) is 0.900. The van der Waals surface area contributed by atoms with Crippen LogP contribution in [0.25, 0.3) is 0 Å². The molecule has 110 valence electrons. The van der Waals surface area contributed by atoms with E-state index in [1.807, 2.05) is 25.1 Å². The van der Waals surface area contributed by atoms with E-state index >= 15 is 0 Å². The Morgan fingerprint density at radius 2 is 1.81 bits per heavy atom. The van der Waals surface area contributed by atoms with Crippen LogP contribution in [0.2, 0.25) is 0 Å². The molecule has 0 radical (unpaired) electrons. The molecule has 1 N–H and O–H groups in total. The standard InChI is InChI=1S/C17H18O4/c1-4-12-6-8-15(16(10-12)20-3)21-14-7-5-11(2)9-13(14)17(18)19/h5-10H,4H2,1-3H3,(H,18,19). The largest absolute Gasteiger partial charge is 0.493 e. The van der Waals surface area contributed by atoms with E-state index in [0.717, 1.165) is 17.5 Å². The number of benzene rings is 2. The van der Waals surface area contributed by atoms with Crippen LogP contribution in [0.1, 0.15) is 28.4 Å². The van der Waals surface area contributed by atoms with Crippen molar-refractivity contribution >= 4 is 5.97 Å². The van der Waals surface area contributed by atoms with Crippen LogP contribution >= 0.6 is 0 Å². The number of aryl methyl sites for hydroxylation is 2. The molecule has 0 aliphatic heterocycles. The fourth-order valence-electron chi connectivity index (χ4n) is 2.03. The summed E-state index contributed by atoms with van der Waals surface area (Å²) in [4.78, 5) is 11.3. The van der Waals surface area contributed by atoms with Crippen molar-refractivity contribution in [1.82, 2.24) is 0 Å². The van der Waals surface area contributed by atoms with Gasteiger partial charge in [0.1, 0.15) is 11.3 Å². The third-order valence-corrected chi connectivity index (χ3v) is 3.22. The zero-order valence-electron chi connectivity index (χ0n) is 12.3. The molecule has 4 nitrogen and oxygen atoms in total. The molecular weight excluding hydrogens is 268 g/mol. The summed E-state index contributed by atoms with van der Waals surface area (Å²) in [6, 6.07) is 10.7. The van der Waals surface area contributed by atoms with Gasteiger partial charge < -0.3 is 14.6 Å². The smallest absolute Gasteiger partial charge is 0.339 e. The molecule has 0 unspecified atom stereocenters. The summed E-state index contributed by atoms with van der Waals surface area (Å²) < 4.78 is 11.1. The zero-order valence-corrected chi connectivity index (χ0v) is 12.3. The van der Waals surface area contributed by atoms with Crippen molar-refractivity contribution in [2.45, 2.75) is 20.3 Å². The second-order valence-corrected chi connectivity index (χ2v) is 4.75. The van der Waals surface area contributed by atoms with Crippen LogP contribution in [0.5, 0.6) is 17.2 Å². The van der Waals surface area contributed by atoms with Gasteiger partial charge in [-0.05, 0) is 43.2 Å². The monoisotopic (exact) mass is 286 g/mol. The maximum absolute atomic E-state index is 11.3. The molecule has 0 heterocycles. The topological polar surface area (TPSA) is 55.8 Å². The second kappa shape index (κ2) is 6.31. The van der Waals surface area contributed by atoms with E-state index in [9.17, 15) is 9.90 Å². The lowest BCUT2D eigenvalue weighted by Crippen LogP contribution is -2.01. The highest BCUT2D eigenvalue weighted by atomic mass is 16.5. The van der Waals surface area contributed by atoms with Crippen molar-refractivity contribution in [2.75, 3.05) is 7.11 Å². The van der Waals surface area contributed by atoms with Crippen molar-refractivity contribution in [3.8, 4) is 17.2 Å². The number of methoxy groups -OCH3 is 1. The number of hydrogen-bond donors (Lipinski definition) is 1. The van der Waals surface area contributed by atoms with E-state index < -0.39 is 5.97 Å². The van der Waals surface area contributed by atoms with E-state index in [4.69, 9.17) is 9.47 Å². The van der Waals surface area contributed by atoms with Crippen molar-refractivity contribution in [3.05, 3.63) is 53.1 Å². The van der Waals surface area contributed by atoms with Crippen LogP contribution in [0.15, 0.2) is 36.4 Å². The van der Waals surface area contributed by atoms with Gasteiger partial charge in [0.25, 0.3) is 0 Å². The minimum atomic E-state index is -1.02. The van der Waals surface area contributed by atoms with Gasteiger partial charge >= 0.3 is 5.97 Å². The Hall–Kier alpha value is -2.49.